The molecule has 2 aliphatic rings. The average molecular weight is 651 g/mol. The normalized spacial score (nSPS) is 16.5. The fourth-order valence-electron chi connectivity index (χ4n) is 8.25. The SMILES string of the molecule is C1=CC2=NC(c3ccccc3-c3ccccc3)N(c3ccc(-c4c5ccccc5c(-c5ccc6ccccc6c5)c5ccccc45)cc3)C2C=C1. The largest absolute Gasteiger partial charge is 0.334 e. The van der Waals surface area contributed by atoms with E-state index in [1.807, 2.05) is 0 Å². The topological polar surface area (TPSA) is 15.6 Å². The molecular formula is C49H34N2. The van der Waals surface area contributed by atoms with Crippen molar-refractivity contribution in [3.8, 4) is 33.4 Å². The second-order valence-corrected chi connectivity index (χ2v) is 13.4. The molecule has 0 saturated carbocycles. The van der Waals surface area contributed by atoms with Crippen LogP contribution in [-0.4, -0.2) is 11.8 Å². The Bertz CT molecular complexity index is 2640. The van der Waals surface area contributed by atoms with Gasteiger partial charge < -0.3 is 4.90 Å². The number of hydrogen-bond donors (Lipinski definition) is 0. The van der Waals surface area contributed by atoms with Gasteiger partial charge in [-0.25, -0.2) is 0 Å². The van der Waals surface area contributed by atoms with E-state index in [1.54, 1.807) is 0 Å². The summed E-state index contributed by atoms with van der Waals surface area (Å²) >= 11 is 0. The van der Waals surface area contributed by atoms with Crippen LogP contribution in [0.25, 0.3) is 65.7 Å². The van der Waals surface area contributed by atoms with Gasteiger partial charge in [0.1, 0.15) is 6.17 Å². The smallest absolute Gasteiger partial charge is 0.148 e. The van der Waals surface area contributed by atoms with Gasteiger partial charge in [0.05, 0.1) is 11.8 Å². The minimum Gasteiger partial charge on any atom is -0.334 e. The minimum atomic E-state index is -0.150. The molecule has 0 spiro atoms. The van der Waals surface area contributed by atoms with E-state index in [0.29, 0.717) is 0 Å². The lowest BCUT2D eigenvalue weighted by molar-refractivity contribution is 0.697. The quantitative estimate of drug-likeness (QED) is 0.169. The van der Waals surface area contributed by atoms with Gasteiger partial charge in [0, 0.05) is 11.3 Å². The summed E-state index contributed by atoms with van der Waals surface area (Å²) in [6, 6.07) is 61.9. The van der Waals surface area contributed by atoms with Crippen LogP contribution in [0.2, 0.25) is 0 Å². The van der Waals surface area contributed by atoms with E-state index in [9.17, 15) is 0 Å². The van der Waals surface area contributed by atoms with Crippen LogP contribution in [0.4, 0.5) is 5.69 Å². The third-order valence-electron chi connectivity index (χ3n) is 10.6. The van der Waals surface area contributed by atoms with Crippen LogP contribution in [0.5, 0.6) is 0 Å². The molecule has 0 aromatic heterocycles. The highest BCUT2D eigenvalue weighted by Crippen LogP contribution is 2.46. The van der Waals surface area contributed by atoms with Crippen LogP contribution in [0, 0.1) is 0 Å². The molecule has 0 saturated heterocycles. The molecule has 1 aliphatic heterocycles. The fourth-order valence-corrected chi connectivity index (χ4v) is 8.25. The highest BCUT2D eigenvalue weighted by atomic mass is 15.3. The number of allylic oxidation sites excluding steroid dienone is 2. The predicted octanol–water partition coefficient (Wildman–Crippen LogP) is 12.6. The molecule has 1 aliphatic carbocycles. The van der Waals surface area contributed by atoms with Crippen LogP contribution in [-0.2, 0) is 0 Å². The molecule has 51 heavy (non-hydrogen) atoms. The summed E-state index contributed by atoms with van der Waals surface area (Å²) in [7, 11) is 0. The number of fused-ring (bicyclic) bond motifs is 4. The van der Waals surface area contributed by atoms with E-state index in [-0.39, 0.29) is 12.2 Å². The molecule has 10 rings (SSSR count). The first-order valence-corrected chi connectivity index (χ1v) is 17.7. The van der Waals surface area contributed by atoms with Crippen molar-refractivity contribution in [1.29, 1.82) is 0 Å². The summed E-state index contributed by atoms with van der Waals surface area (Å²) in [5, 5.41) is 7.56. The van der Waals surface area contributed by atoms with Crippen LogP contribution >= 0.6 is 0 Å². The van der Waals surface area contributed by atoms with Gasteiger partial charge in [0.25, 0.3) is 0 Å². The van der Waals surface area contributed by atoms with Crippen molar-refractivity contribution >= 4 is 43.7 Å². The average Bonchev–Trinajstić information content (AvgIpc) is 3.60. The molecule has 2 heteroatoms. The fraction of sp³-hybridized carbons (Fsp3) is 0.0408. The zero-order chi connectivity index (χ0) is 33.7. The summed E-state index contributed by atoms with van der Waals surface area (Å²) in [6.45, 7) is 0. The van der Waals surface area contributed by atoms with Crippen molar-refractivity contribution in [3.63, 3.8) is 0 Å². The third-order valence-corrected chi connectivity index (χ3v) is 10.6. The first-order chi connectivity index (χ1) is 25.3. The number of rotatable bonds is 5. The highest BCUT2D eigenvalue weighted by molar-refractivity contribution is 6.21. The molecule has 1 heterocycles. The van der Waals surface area contributed by atoms with Gasteiger partial charge in [-0.3, -0.25) is 4.99 Å². The number of hydrogen-bond acceptors (Lipinski definition) is 2. The first-order valence-electron chi connectivity index (χ1n) is 17.7. The monoisotopic (exact) mass is 650 g/mol. The molecule has 0 amide bonds. The Morgan fingerprint density at radius 2 is 1.04 bits per heavy atom. The second kappa shape index (κ2) is 12.1. The summed E-state index contributed by atoms with van der Waals surface area (Å²) in [4.78, 5) is 7.82. The van der Waals surface area contributed by atoms with Gasteiger partial charge >= 0.3 is 0 Å². The standard InChI is InChI=1S/C49H34N2/c1-2-15-34(16-3-1)39-18-6-11-23-44(39)49-50-45-24-12-13-25-46(45)51(49)38-30-28-35(29-31-38)47-40-19-7-9-21-42(40)48(43-22-10-8-20-41(43)47)37-27-26-33-14-4-5-17-36(33)32-37/h1-32,46,49H. The lowest BCUT2D eigenvalue weighted by Gasteiger charge is -2.32. The zero-order valence-electron chi connectivity index (χ0n) is 28.0. The zero-order valence-corrected chi connectivity index (χ0v) is 28.0. The lowest BCUT2D eigenvalue weighted by Crippen LogP contribution is -2.35. The Morgan fingerprint density at radius 3 is 1.76 bits per heavy atom. The van der Waals surface area contributed by atoms with Crippen LogP contribution < -0.4 is 4.90 Å². The molecule has 0 fully saturated rings. The predicted molar refractivity (Wildman–Crippen MR) is 216 cm³/mol. The van der Waals surface area contributed by atoms with E-state index >= 15 is 0 Å². The molecule has 8 aromatic rings. The van der Waals surface area contributed by atoms with E-state index in [0.717, 1.165) is 11.4 Å². The molecule has 8 aromatic carbocycles. The Labute approximate surface area is 298 Å². The molecule has 2 atom stereocenters. The summed E-state index contributed by atoms with van der Waals surface area (Å²) < 4.78 is 0. The number of aliphatic imine (C=N–C) groups is 1. The molecule has 2 unspecified atom stereocenters. The third kappa shape index (κ3) is 4.91. The van der Waals surface area contributed by atoms with Crippen molar-refractivity contribution in [1.82, 2.24) is 0 Å². The first kappa shape index (κ1) is 29.4. The van der Waals surface area contributed by atoms with Gasteiger partial charge in [-0.2, -0.15) is 0 Å². The van der Waals surface area contributed by atoms with Gasteiger partial charge in [-0.05, 0) is 90.0 Å². The summed E-state index contributed by atoms with van der Waals surface area (Å²) in [5.74, 6) is 0. The number of nitrogens with zero attached hydrogens (tertiary/aromatic N) is 2. The Kier molecular flexibility index (Phi) is 6.99. The van der Waals surface area contributed by atoms with Crippen molar-refractivity contribution in [2.75, 3.05) is 4.90 Å². The van der Waals surface area contributed by atoms with E-state index in [1.165, 1.54) is 71.3 Å². The lowest BCUT2D eigenvalue weighted by atomic mass is 9.85. The van der Waals surface area contributed by atoms with Crippen LogP contribution in [0.15, 0.2) is 199 Å². The second-order valence-electron chi connectivity index (χ2n) is 13.4. The Hall–Kier alpha value is -6.51. The minimum absolute atomic E-state index is 0.0672. The van der Waals surface area contributed by atoms with Crippen LogP contribution in [0.3, 0.4) is 0 Å². The molecule has 0 N–H and O–H groups in total. The van der Waals surface area contributed by atoms with Gasteiger partial charge in [0.2, 0.25) is 0 Å². The van der Waals surface area contributed by atoms with Crippen molar-refractivity contribution in [2.45, 2.75) is 12.2 Å². The molecule has 0 radical (unpaired) electrons. The van der Waals surface area contributed by atoms with Gasteiger partial charge in [0.15, 0.2) is 0 Å². The Balaban J connectivity index is 1.11. The van der Waals surface area contributed by atoms with Crippen molar-refractivity contribution in [3.05, 3.63) is 200 Å². The van der Waals surface area contributed by atoms with E-state index in [2.05, 4.69) is 199 Å². The number of anilines is 1. The van der Waals surface area contributed by atoms with Crippen LogP contribution in [0.1, 0.15) is 11.7 Å². The molecular weight excluding hydrogens is 617 g/mol. The van der Waals surface area contributed by atoms with Gasteiger partial charge in [-0.15, -0.1) is 0 Å². The summed E-state index contributed by atoms with van der Waals surface area (Å²) in [6.07, 6.45) is 8.52. The maximum Gasteiger partial charge on any atom is 0.148 e. The number of benzene rings is 8. The summed E-state index contributed by atoms with van der Waals surface area (Å²) in [5.41, 5.74) is 10.9. The van der Waals surface area contributed by atoms with Gasteiger partial charge in [-0.1, -0.05) is 170 Å². The molecule has 240 valence electrons. The van der Waals surface area contributed by atoms with E-state index in [4.69, 9.17) is 4.99 Å². The van der Waals surface area contributed by atoms with E-state index < -0.39 is 0 Å². The van der Waals surface area contributed by atoms with Crippen molar-refractivity contribution in [2.24, 2.45) is 4.99 Å². The molecule has 0 bridgehead atoms. The Morgan fingerprint density at radius 1 is 0.451 bits per heavy atom. The maximum absolute atomic E-state index is 5.35. The van der Waals surface area contributed by atoms with Crippen molar-refractivity contribution < 1.29 is 0 Å². The highest BCUT2D eigenvalue weighted by Gasteiger charge is 2.36. The molecule has 2 nitrogen and oxygen atoms in total. The maximum atomic E-state index is 5.35.